The number of hydrogen-bond donors (Lipinski definition) is 1. The number of fused-ring (bicyclic) bond motifs is 2. The van der Waals surface area contributed by atoms with Crippen molar-refractivity contribution < 1.29 is 13.9 Å². The van der Waals surface area contributed by atoms with Crippen LogP contribution in [-0.2, 0) is 0 Å². The molecule has 2 aromatic carbocycles. The second-order valence-corrected chi connectivity index (χ2v) is 8.18. The Balaban J connectivity index is 1.77. The van der Waals surface area contributed by atoms with Crippen molar-refractivity contribution in [2.75, 3.05) is 0 Å². The molecule has 1 N–H and O–H groups in total. The van der Waals surface area contributed by atoms with Crippen LogP contribution in [0.15, 0.2) is 84.4 Å². The van der Waals surface area contributed by atoms with Crippen LogP contribution in [0.3, 0.4) is 0 Å². The lowest BCUT2D eigenvalue weighted by molar-refractivity contribution is 0.471. The van der Waals surface area contributed by atoms with Gasteiger partial charge < -0.3 is 13.9 Å². The molecule has 0 aliphatic carbocycles. The lowest BCUT2D eigenvalue weighted by Crippen LogP contribution is -2.08. The molecule has 0 amide bonds. The van der Waals surface area contributed by atoms with Crippen LogP contribution in [-0.4, -0.2) is 10.8 Å². The predicted molar refractivity (Wildman–Crippen MR) is 113 cm³/mol. The minimum atomic E-state index is -0.451. The lowest BCUT2D eigenvalue weighted by Gasteiger charge is -2.15. The van der Waals surface area contributed by atoms with Crippen LogP contribution < -0.4 is 5.63 Å². The Hall–Kier alpha value is -3.25. The number of thioether (sulfide) groups is 1. The number of aliphatic imine (C=N–C) groups is 1. The third kappa shape index (κ3) is 3.15. The van der Waals surface area contributed by atoms with Crippen LogP contribution in [0.25, 0.3) is 11.0 Å². The molecule has 0 fully saturated rings. The van der Waals surface area contributed by atoms with Gasteiger partial charge in [0.05, 0.1) is 28.5 Å². The van der Waals surface area contributed by atoms with Crippen molar-refractivity contribution >= 4 is 34.1 Å². The molecule has 5 nitrogen and oxygen atoms in total. The number of hydrogen-bond acceptors (Lipinski definition) is 6. The number of furan rings is 1. The quantitative estimate of drug-likeness (QED) is 0.431. The van der Waals surface area contributed by atoms with Crippen LogP contribution in [0.2, 0.25) is 0 Å². The van der Waals surface area contributed by atoms with Gasteiger partial charge in [0.1, 0.15) is 11.5 Å². The van der Waals surface area contributed by atoms with E-state index in [1.54, 1.807) is 30.2 Å². The predicted octanol–water partition coefficient (Wildman–Crippen LogP) is 5.76. The first kappa shape index (κ1) is 17.8. The van der Waals surface area contributed by atoms with E-state index in [4.69, 9.17) is 13.8 Å². The van der Waals surface area contributed by atoms with Crippen molar-refractivity contribution in [1.82, 2.24) is 0 Å². The number of aromatic hydroxyl groups is 1. The van der Waals surface area contributed by atoms with Crippen molar-refractivity contribution in [3.8, 4) is 5.75 Å². The van der Waals surface area contributed by atoms with Crippen LogP contribution in [0, 0.1) is 6.92 Å². The maximum atomic E-state index is 12.1. The van der Waals surface area contributed by atoms with E-state index in [9.17, 15) is 9.90 Å². The first-order valence-corrected chi connectivity index (χ1v) is 10.1. The molecule has 144 valence electrons. The van der Waals surface area contributed by atoms with E-state index in [1.807, 2.05) is 43.3 Å². The fourth-order valence-corrected chi connectivity index (χ4v) is 4.84. The summed E-state index contributed by atoms with van der Waals surface area (Å²) in [4.78, 5) is 18.0. The van der Waals surface area contributed by atoms with Crippen LogP contribution in [0.1, 0.15) is 28.6 Å². The molecule has 4 aromatic rings. The van der Waals surface area contributed by atoms with E-state index in [0.29, 0.717) is 23.3 Å². The molecule has 6 heteroatoms. The van der Waals surface area contributed by atoms with Gasteiger partial charge in [0, 0.05) is 22.8 Å². The van der Waals surface area contributed by atoms with Gasteiger partial charge in [0.2, 0.25) is 0 Å². The highest BCUT2D eigenvalue weighted by Crippen LogP contribution is 2.46. The van der Waals surface area contributed by atoms with Crippen LogP contribution in [0.5, 0.6) is 5.75 Å². The number of phenols is 1. The minimum absolute atomic E-state index is 0.0291. The molecule has 0 radical (unpaired) electrons. The summed E-state index contributed by atoms with van der Waals surface area (Å²) >= 11 is 1.67. The molecule has 5 rings (SSSR count). The van der Waals surface area contributed by atoms with Crippen molar-refractivity contribution in [2.45, 2.75) is 23.5 Å². The van der Waals surface area contributed by atoms with Crippen molar-refractivity contribution in [3.05, 3.63) is 88.2 Å². The van der Waals surface area contributed by atoms with Gasteiger partial charge in [-0.15, -0.1) is 11.8 Å². The van der Waals surface area contributed by atoms with Gasteiger partial charge >= 0.3 is 5.63 Å². The molecular formula is C23H17NO4S. The number of nitrogens with zero attached hydrogens (tertiary/aromatic N) is 1. The normalized spacial score (nSPS) is 16.3. The average molecular weight is 403 g/mol. The number of rotatable bonds is 2. The van der Waals surface area contributed by atoms with Gasteiger partial charge in [-0.3, -0.25) is 4.99 Å². The number of benzene rings is 2. The summed E-state index contributed by atoms with van der Waals surface area (Å²) in [5.74, 6) is 0.865. The first-order chi connectivity index (χ1) is 14.1. The zero-order chi connectivity index (χ0) is 20.0. The Morgan fingerprint density at radius 1 is 1.14 bits per heavy atom. The molecule has 0 saturated carbocycles. The van der Waals surface area contributed by atoms with Gasteiger partial charge in [-0.25, -0.2) is 4.79 Å². The third-order valence-electron chi connectivity index (χ3n) is 5.02. The molecule has 0 saturated heterocycles. The maximum absolute atomic E-state index is 12.1. The molecule has 1 atom stereocenters. The molecule has 1 aliphatic heterocycles. The summed E-state index contributed by atoms with van der Waals surface area (Å²) in [5, 5.41) is 11.5. The summed E-state index contributed by atoms with van der Waals surface area (Å²) < 4.78 is 11.2. The summed E-state index contributed by atoms with van der Waals surface area (Å²) in [6.07, 6.45) is 2.17. The second-order valence-electron chi connectivity index (χ2n) is 6.94. The summed E-state index contributed by atoms with van der Waals surface area (Å²) in [5.41, 5.74) is 2.62. The lowest BCUT2D eigenvalue weighted by atomic mass is 9.99. The Morgan fingerprint density at radius 3 is 2.83 bits per heavy atom. The standard InChI is InChI=1S/C23H17NO4S/c1-13-11-21(26)28-23-14(13)8-9-17(25)22(23)16-12-20(18-6-4-10-27-18)29-19-7-3-2-5-15(19)24-16/h2-11,20,25H,12H2,1H3/t20-/m0/s1. The SMILES string of the molecule is Cc1cc(=O)oc2c(C3=Nc4ccccc4S[C@H](c4ccco4)C3)c(O)ccc12. The highest BCUT2D eigenvalue weighted by atomic mass is 32.2. The highest BCUT2D eigenvalue weighted by molar-refractivity contribution is 7.99. The van der Waals surface area contributed by atoms with Gasteiger partial charge in [-0.05, 0) is 48.9 Å². The zero-order valence-corrected chi connectivity index (χ0v) is 16.4. The summed E-state index contributed by atoms with van der Waals surface area (Å²) in [6.45, 7) is 1.85. The Kier molecular flexibility index (Phi) is 4.28. The number of phenolic OH excluding ortho intramolecular Hbond substituents is 1. The molecule has 0 spiro atoms. The smallest absolute Gasteiger partial charge is 0.336 e. The fourth-order valence-electron chi connectivity index (χ4n) is 3.65. The van der Waals surface area contributed by atoms with Crippen molar-refractivity contribution in [2.24, 2.45) is 4.99 Å². The van der Waals surface area contributed by atoms with Crippen molar-refractivity contribution in [3.63, 3.8) is 0 Å². The molecule has 29 heavy (non-hydrogen) atoms. The van der Waals surface area contributed by atoms with Gasteiger partial charge in [0.15, 0.2) is 5.58 Å². The van der Waals surface area contributed by atoms with E-state index < -0.39 is 5.63 Å². The Labute approximate surface area is 170 Å². The molecule has 3 heterocycles. The fraction of sp³-hybridized carbons (Fsp3) is 0.130. The van der Waals surface area contributed by atoms with E-state index in [2.05, 4.69) is 0 Å². The van der Waals surface area contributed by atoms with Crippen LogP contribution in [0.4, 0.5) is 5.69 Å². The summed E-state index contributed by atoms with van der Waals surface area (Å²) in [6, 6.07) is 16.5. The van der Waals surface area contributed by atoms with Crippen molar-refractivity contribution in [1.29, 1.82) is 0 Å². The molecule has 0 bridgehead atoms. The highest BCUT2D eigenvalue weighted by Gasteiger charge is 2.27. The molecule has 2 aromatic heterocycles. The third-order valence-corrected chi connectivity index (χ3v) is 6.30. The molecular weight excluding hydrogens is 386 g/mol. The molecule has 1 aliphatic rings. The summed E-state index contributed by atoms with van der Waals surface area (Å²) in [7, 11) is 0. The zero-order valence-electron chi connectivity index (χ0n) is 15.6. The van der Waals surface area contributed by atoms with Gasteiger partial charge in [-0.1, -0.05) is 12.1 Å². The topological polar surface area (TPSA) is 75.9 Å². The number of para-hydroxylation sites is 1. The maximum Gasteiger partial charge on any atom is 0.336 e. The Bertz CT molecular complexity index is 1300. The van der Waals surface area contributed by atoms with Gasteiger partial charge in [-0.2, -0.15) is 0 Å². The second kappa shape index (κ2) is 6.97. The van der Waals surface area contributed by atoms with Crippen LogP contribution >= 0.6 is 11.8 Å². The number of aryl methyl sites for hydroxylation is 1. The minimum Gasteiger partial charge on any atom is -0.507 e. The largest absolute Gasteiger partial charge is 0.507 e. The first-order valence-electron chi connectivity index (χ1n) is 9.23. The average Bonchev–Trinajstić information content (AvgIpc) is 3.16. The monoisotopic (exact) mass is 403 g/mol. The van der Waals surface area contributed by atoms with E-state index in [0.717, 1.165) is 27.3 Å². The van der Waals surface area contributed by atoms with E-state index in [1.165, 1.54) is 6.07 Å². The Morgan fingerprint density at radius 2 is 2.00 bits per heavy atom. The van der Waals surface area contributed by atoms with E-state index >= 15 is 0 Å². The van der Waals surface area contributed by atoms with Gasteiger partial charge in [0.25, 0.3) is 0 Å². The van der Waals surface area contributed by atoms with E-state index in [-0.39, 0.29) is 11.0 Å². The molecule has 0 unspecified atom stereocenters.